The number of hydrogen-bond acceptors (Lipinski definition) is 4. The number of hydrogen-bond donors (Lipinski definition) is 2. The molecule has 3 N–H and O–H groups in total. The van der Waals surface area contributed by atoms with Crippen LogP contribution < -0.4 is 11.1 Å². The zero-order chi connectivity index (χ0) is 15.0. The average Bonchev–Trinajstić information content (AvgIpc) is 2.82. The number of anilines is 2. The lowest BCUT2D eigenvalue weighted by Crippen LogP contribution is -2.16. The number of rotatable bonds is 3. The van der Waals surface area contributed by atoms with E-state index in [1.165, 1.54) is 4.68 Å². The Morgan fingerprint density at radius 1 is 1.35 bits per heavy atom. The maximum absolute atomic E-state index is 12.2. The molecule has 0 atom stereocenters. The minimum absolute atomic E-state index is 0.226. The minimum Gasteiger partial charge on any atom is -0.396 e. The summed E-state index contributed by atoms with van der Waals surface area (Å²) in [6.45, 7) is 7.88. The van der Waals surface area contributed by atoms with E-state index in [1.807, 2.05) is 32.4 Å². The van der Waals surface area contributed by atoms with Crippen LogP contribution >= 0.6 is 0 Å². The van der Waals surface area contributed by atoms with E-state index in [2.05, 4.69) is 15.5 Å². The zero-order valence-electron chi connectivity index (χ0n) is 12.4. The van der Waals surface area contributed by atoms with Gasteiger partial charge in [-0.05, 0) is 27.7 Å². The number of aryl methyl sites for hydroxylation is 2. The van der Waals surface area contributed by atoms with E-state index in [1.54, 1.807) is 13.2 Å². The standard InChI is InChI=1S/C13H20N6O/c1-7(2)19-9(4)11(8(3)16-19)15-13(20)12-10(14)6-18(5)17-12/h6-7H,14H2,1-5H3,(H,15,20). The SMILES string of the molecule is Cc1nn(C(C)C)c(C)c1NC(=O)c1nn(C)cc1N. The van der Waals surface area contributed by atoms with Gasteiger partial charge in [0, 0.05) is 19.3 Å². The molecular weight excluding hydrogens is 256 g/mol. The van der Waals surface area contributed by atoms with E-state index in [-0.39, 0.29) is 17.6 Å². The second kappa shape index (κ2) is 4.99. The Labute approximate surface area is 117 Å². The molecule has 2 aromatic rings. The first-order valence-corrected chi connectivity index (χ1v) is 6.47. The van der Waals surface area contributed by atoms with Gasteiger partial charge in [0.25, 0.3) is 5.91 Å². The van der Waals surface area contributed by atoms with Crippen molar-refractivity contribution >= 4 is 17.3 Å². The molecule has 0 unspecified atom stereocenters. The molecule has 0 bridgehead atoms. The summed E-state index contributed by atoms with van der Waals surface area (Å²) in [5, 5.41) is 11.3. The molecule has 108 valence electrons. The number of nitrogen functional groups attached to an aromatic ring is 1. The Morgan fingerprint density at radius 2 is 2.00 bits per heavy atom. The predicted molar refractivity (Wildman–Crippen MR) is 77.7 cm³/mol. The highest BCUT2D eigenvalue weighted by Crippen LogP contribution is 2.23. The van der Waals surface area contributed by atoms with Crippen molar-refractivity contribution in [2.75, 3.05) is 11.1 Å². The van der Waals surface area contributed by atoms with Crippen molar-refractivity contribution in [3.05, 3.63) is 23.3 Å². The topological polar surface area (TPSA) is 90.8 Å². The smallest absolute Gasteiger partial charge is 0.278 e. The Bertz CT molecular complexity index is 652. The molecule has 1 amide bonds. The van der Waals surface area contributed by atoms with Crippen LogP contribution in [0.15, 0.2) is 6.20 Å². The van der Waals surface area contributed by atoms with E-state index in [0.717, 1.165) is 11.4 Å². The van der Waals surface area contributed by atoms with E-state index in [9.17, 15) is 4.79 Å². The zero-order valence-corrected chi connectivity index (χ0v) is 12.4. The number of carbonyl (C=O) groups excluding carboxylic acids is 1. The van der Waals surface area contributed by atoms with Gasteiger partial charge in [-0.15, -0.1) is 0 Å². The van der Waals surface area contributed by atoms with Gasteiger partial charge in [-0.2, -0.15) is 10.2 Å². The fourth-order valence-electron chi connectivity index (χ4n) is 2.20. The van der Waals surface area contributed by atoms with Crippen molar-refractivity contribution in [1.82, 2.24) is 19.6 Å². The molecule has 2 rings (SSSR count). The summed E-state index contributed by atoms with van der Waals surface area (Å²) in [5.74, 6) is -0.322. The van der Waals surface area contributed by atoms with Gasteiger partial charge in [0.05, 0.1) is 22.8 Å². The van der Waals surface area contributed by atoms with Crippen molar-refractivity contribution < 1.29 is 4.79 Å². The second-order valence-electron chi connectivity index (χ2n) is 5.14. The quantitative estimate of drug-likeness (QED) is 0.891. The highest BCUT2D eigenvalue weighted by atomic mass is 16.2. The average molecular weight is 276 g/mol. The molecule has 20 heavy (non-hydrogen) atoms. The van der Waals surface area contributed by atoms with Crippen LogP contribution in [0.5, 0.6) is 0 Å². The predicted octanol–water partition coefficient (Wildman–Crippen LogP) is 1.65. The minimum atomic E-state index is -0.322. The molecule has 0 aliphatic rings. The molecule has 0 aliphatic heterocycles. The summed E-state index contributed by atoms with van der Waals surface area (Å²) in [5.41, 5.74) is 8.75. The van der Waals surface area contributed by atoms with Crippen LogP contribution in [0.25, 0.3) is 0 Å². The second-order valence-corrected chi connectivity index (χ2v) is 5.14. The Kier molecular flexibility index (Phi) is 3.52. The van der Waals surface area contributed by atoms with Gasteiger partial charge < -0.3 is 11.1 Å². The Morgan fingerprint density at radius 3 is 2.45 bits per heavy atom. The molecule has 7 nitrogen and oxygen atoms in total. The maximum Gasteiger partial charge on any atom is 0.278 e. The summed E-state index contributed by atoms with van der Waals surface area (Å²) in [6, 6.07) is 0.235. The van der Waals surface area contributed by atoms with E-state index < -0.39 is 0 Å². The summed E-state index contributed by atoms with van der Waals surface area (Å²) < 4.78 is 3.40. The third-order valence-electron chi connectivity index (χ3n) is 3.12. The molecule has 0 fully saturated rings. The van der Waals surface area contributed by atoms with Crippen LogP contribution in [-0.4, -0.2) is 25.5 Å². The first kappa shape index (κ1) is 14.1. The first-order valence-electron chi connectivity index (χ1n) is 6.47. The van der Waals surface area contributed by atoms with Crippen molar-refractivity contribution in [2.24, 2.45) is 7.05 Å². The van der Waals surface area contributed by atoms with Gasteiger partial charge in [-0.25, -0.2) is 0 Å². The van der Waals surface area contributed by atoms with Crippen LogP contribution in [0.1, 0.15) is 41.8 Å². The normalized spacial score (nSPS) is 11.1. The number of nitrogens with one attached hydrogen (secondary N) is 1. The van der Waals surface area contributed by atoms with Crippen LogP contribution in [0, 0.1) is 13.8 Å². The summed E-state index contributed by atoms with van der Waals surface area (Å²) >= 11 is 0. The molecule has 2 heterocycles. The number of amides is 1. The highest BCUT2D eigenvalue weighted by Gasteiger charge is 2.19. The third kappa shape index (κ3) is 2.38. The lowest BCUT2D eigenvalue weighted by Gasteiger charge is -2.09. The molecular formula is C13H20N6O. The van der Waals surface area contributed by atoms with Crippen molar-refractivity contribution in [2.45, 2.75) is 33.7 Å². The number of nitrogens with zero attached hydrogens (tertiary/aromatic N) is 4. The summed E-state index contributed by atoms with van der Waals surface area (Å²) in [7, 11) is 1.72. The molecule has 0 spiro atoms. The largest absolute Gasteiger partial charge is 0.396 e. The van der Waals surface area contributed by atoms with Crippen LogP contribution in [0.3, 0.4) is 0 Å². The lowest BCUT2D eigenvalue weighted by molar-refractivity contribution is 0.102. The molecule has 0 saturated carbocycles. The van der Waals surface area contributed by atoms with Gasteiger partial charge >= 0.3 is 0 Å². The van der Waals surface area contributed by atoms with Gasteiger partial charge in [0.2, 0.25) is 0 Å². The van der Waals surface area contributed by atoms with E-state index >= 15 is 0 Å². The van der Waals surface area contributed by atoms with Gasteiger partial charge in [-0.1, -0.05) is 0 Å². The first-order chi connectivity index (χ1) is 9.31. The Hall–Kier alpha value is -2.31. The lowest BCUT2D eigenvalue weighted by atomic mass is 10.2. The number of carbonyl (C=O) groups is 1. The monoisotopic (exact) mass is 276 g/mol. The van der Waals surface area contributed by atoms with Crippen molar-refractivity contribution in [3.8, 4) is 0 Å². The van der Waals surface area contributed by atoms with Crippen molar-refractivity contribution in [1.29, 1.82) is 0 Å². The van der Waals surface area contributed by atoms with Crippen molar-refractivity contribution in [3.63, 3.8) is 0 Å². The van der Waals surface area contributed by atoms with Crippen LogP contribution in [-0.2, 0) is 7.05 Å². The molecule has 0 aromatic carbocycles. The molecule has 2 aromatic heterocycles. The van der Waals surface area contributed by atoms with Gasteiger partial charge in [0.15, 0.2) is 5.69 Å². The molecule has 0 aliphatic carbocycles. The summed E-state index contributed by atoms with van der Waals surface area (Å²) in [6.07, 6.45) is 1.60. The fraction of sp³-hybridized carbons (Fsp3) is 0.462. The van der Waals surface area contributed by atoms with E-state index in [0.29, 0.717) is 11.4 Å². The molecule has 7 heteroatoms. The highest BCUT2D eigenvalue weighted by molar-refractivity contribution is 6.06. The maximum atomic E-state index is 12.2. The van der Waals surface area contributed by atoms with E-state index in [4.69, 9.17) is 5.73 Å². The molecule has 0 saturated heterocycles. The van der Waals surface area contributed by atoms with Gasteiger partial charge in [0.1, 0.15) is 0 Å². The van der Waals surface area contributed by atoms with Crippen LogP contribution in [0.2, 0.25) is 0 Å². The molecule has 0 radical (unpaired) electrons. The summed E-state index contributed by atoms with van der Waals surface area (Å²) in [4.78, 5) is 12.2. The third-order valence-corrected chi connectivity index (χ3v) is 3.12. The number of nitrogens with two attached hydrogens (primary N) is 1. The van der Waals surface area contributed by atoms with Crippen LogP contribution in [0.4, 0.5) is 11.4 Å². The van der Waals surface area contributed by atoms with Gasteiger partial charge in [-0.3, -0.25) is 14.2 Å². The number of aromatic nitrogens is 4. The Balaban J connectivity index is 2.31. The fourth-order valence-corrected chi connectivity index (χ4v) is 2.20.